The monoisotopic (exact) mass is 476 g/mol. The number of carbonyl (C=O) groups is 1. The molecular weight excluding hydrogens is 452 g/mol. The van der Waals surface area contributed by atoms with Crippen molar-refractivity contribution in [2.75, 3.05) is 0 Å². The number of fused-ring (bicyclic) bond motifs is 10. The summed E-state index contributed by atoms with van der Waals surface area (Å²) >= 11 is 0. The lowest BCUT2D eigenvalue weighted by molar-refractivity contribution is 0.0952. The van der Waals surface area contributed by atoms with Crippen LogP contribution in [0.15, 0.2) is 72.8 Å². The van der Waals surface area contributed by atoms with Gasteiger partial charge in [-0.05, 0) is 82.5 Å². The number of rotatable bonds is 0. The van der Waals surface area contributed by atoms with Crippen molar-refractivity contribution in [3.05, 3.63) is 106 Å². The molecule has 1 unspecified atom stereocenters. The Balaban J connectivity index is 1.59. The van der Waals surface area contributed by atoms with Gasteiger partial charge in [-0.15, -0.1) is 0 Å². The second-order valence-corrected chi connectivity index (χ2v) is 10.3. The van der Waals surface area contributed by atoms with Gasteiger partial charge in [-0.1, -0.05) is 48.5 Å². The lowest BCUT2D eigenvalue weighted by Crippen LogP contribution is -2.44. The van der Waals surface area contributed by atoms with Crippen molar-refractivity contribution >= 4 is 5.78 Å². The third kappa shape index (κ3) is 2.42. The molecule has 0 bridgehead atoms. The van der Waals surface area contributed by atoms with Crippen LogP contribution in [0.1, 0.15) is 63.9 Å². The zero-order valence-electron chi connectivity index (χ0n) is 19.5. The molecule has 178 valence electrons. The number of aromatic hydroxyl groups is 4. The molecule has 0 aliphatic heterocycles. The Morgan fingerprint density at radius 2 is 1.06 bits per heavy atom. The molecule has 0 heterocycles. The Hall–Kier alpha value is -4.25. The summed E-state index contributed by atoms with van der Waals surface area (Å²) in [5.74, 6) is -1.07. The van der Waals surface area contributed by atoms with Crippen LogP contribution in [0.4, 0.5) is 0 Å². The van der Waals surface area contributed by atoms with Gasteiger partial charge in [-0.3, -0.25) is 4.79 Å². The summed E-state index contributed by atoms with van der Waals surface area (Å²) in [5, 5.41) is 42.0. The SMILES string of the molecule is O=C1CCC2(CCC3(c4ccccc4-c4ccccc43)c3cc(O)c(O)cc32)c2cc(O)c(O)cc21. The minimum absolute atomic E-state index is 0.0766. The third-order valence-electron chi connectivity index (χ3n) is 8.79. The number of carbonyl (C=O) groups excluding carboxylic acids is 1. The van der Waals surface area contributed by atoms with Crippen LogP contribution in [-0.4, -0.2) is 26.2 Å². The lowest BCUT2D eigenvalue weighted by atomic mass is 9.52. The fourth-order valence-corrected chi connectivity index (χ4v) is 7.22. The summed E-state index contributed by atoms with van der Waals surface area (Å²) in [7, 11) is 0. The molecule has 2 spiro atoms. The Bertz CT molecular complexity index is 1570. The number of phenols is 4. The normalized spacial score (nSPS) is 20.6. The van der Waals surface area contributed by atoms with Crippen molar-refractivity contribution in [3.8, 4) is 34.1 Å². The van der Waals surface area contributed by atoms with Gasteiger partial charge in [0.2, 0.25) is 0 Å². The molecule has 3 aliphatic rings. The van der Waals surface area contributed by atoms with Gasteiger partial charge >= 0.3 is 0 Å². The van der Waals surface area contributed by atoms with Gasteiger partial charge < -0.3 is 20.4 Å². The molecule has 0 radical (unpaired) electrons. The van der Waals surface area contributed by atoms with E-state index in [0.717, 1.165) is 33.4 Å². The van der Waals surface area contributed by atoms with Crippen LogP contribution >= 0.6 is 0 Å². The number of hydrogen-bond acceptors (Lipinski definition) is 5. The quantitative estimate of drug-likeness (QED) is 0.238. The van der Waals surface area contributed by atoms with Crippen LogP contribution in [0.3, 0.4) is 0 Å². The molecule has 5 nitrogen and oxygen atoms in total. The molecule has 5 heteroatoms. The first-order valence-corrected chi connectivity index (χ1v) is 12.2. The van der Waals surface area contributed by atoms with Gasteiger partial charge in [0.1, 0.15) is 0 Å². The maximum Gasteiger partial charge on any atom is 0.163 e. The molecule has 0 aromatic heterocycles. The minimum Gasteiger partial charge on any atom is -0.504 e. The van der Waals surface area contributed by atoms with E-state index in [1.165, 1.54) is 12.1 Å². The first kappa shape index (κ1) is 21.1. The summed E-state index contributed by atoms with van der Waals surface area (Å²) in [4.78, 5) is 12.9. The highest BCUT2D eigenvalue weighted by Crippen LogP contribution is 2.64. The maximum atomic E-state index is 12.9. The number of benzene rings is 4. The summed E-state index contributed by atoms with van der Waals surface area (Å²) in [6.07, 6.45) is 2.18. The Morgan fingerprint density at radius 1 is 0.528 bits per heavy atom. The van der Waals surface area contributed by atoms with E-state index in [4.69, 9.17) is 0 Å². The standard InChI is InChI=1S/C31H24O5/c32-25-9-10-30(22-14-27(34)26(33)13-19(22)25)11-12-31(24-16-29(36)28(35)15-23(24)30)20-7-3-1-5-17(20)18-6-2-4-8-21(18)31/h1-8,13-16,33-36H,9-12H2. The lowest BCUT2D eigenvalue weighted by Gasteiger charge is -2.50. The zero-order chi connectivity index (χ0) is 24.8. The van der Waals surface area contributed by atoms with E-state index in [1.807, 2.05) is 24.3 Å². The van der Waals surface area contributed by atoms with Crippen molar-refractivity contribution in [1.29, 1.82) is 0 Å². The van der Waals surface area contributed by atoms with Gasteiger partial charge in [0.15, 0.2) is 28.8 Å². The highest BCUT2D eigenvalue weighted by atomic mass is 16.3. The maximum absolute atomic E-state index is 12.9. The fourth-order valence-electron chi connectivity index (χ4n) is 7.22. The Labute approximate surface area is 207 Å². The summed E-state index contributed by atoms with van der Waals surface area (Å²) in [5.41, 5.74) is 6.25. The summed E-state index contributed by atoms with van der Waals surface area (Å²) in [6.45, 7) is 0. The second kappa shape index (κ2) is 6.91. The molecule has 0 saturated heterocycles. The van der Waals surface area contributed by atoms with E-state index in [1.54, 1.807) is 12.1 Å². The number of phenolic OH excluding ortho intramolecular Hbond substituents is 4. The van der Waals surface area contributed by atoms with E-state index in [9.17, 15) is 25.2 Å². The first-order chi connectivity index (χ1) is 17.4. The van der Waals surface area contributed by atoms with Gasteiger partial charge in [0, 0.05) is 22.8 Å². The van der Waals surface area contributed by atoms with Crippen LogP contribution in [-0.2, 0) is 10.8 Å². The predicted molar refractivity (Wildman–Crippen MR) is 135 cm³/mol. The highest BCUT2D eigenvalue weighted by molar-refractivity contribution is 6.00. The summed E-state index contributed by atoms with van der Waals surface area (Å²) < 4.78 is 0. The fraction of sp³-hybridized carbons (Fsp3) is 0.194. The second-order valence-electron chi connectivity index (χ2n) is 10.3. The van der Waals surface area contributed by atoms with Crippen molar-refractivity contribution in [1.82, 2.24) is 0 Å². The van der Waals surface area contributed by atoms with Crippen LogP contribution in [0.5, 0.6) is 23.0 Å². The van der Waals surface area contributed by atoms with Crippen molar-refractivity contribution in [3.63, 3.8) is 0 Å². The van der Waals surface area contributed by atoms with Crippen LogP contribution in [0.2, 0.25) is 0 Å². The molecule has 4 aromatic rings. The van der Waals surface area contributed by atoms with Gasteiger partial charge in [0.05, 0.1) is 0 Å². The number of ketones is 1. The van der Waals surface area contributed by atoms with Crippen LogP contribution in [0, 0.1) is 0 Å². The molecule has 1 atom stereocenters. The van der Waals surface area contributed by atoms with Gasteiger partial charge in [0.25, 0.3) is 0 Å². The molecular formula is C31H24O5. The molecule has 0 fully saturated rings. The topological polar surface area (TPSA) is 98.0 Å². The molecule has 4 aromatic carbocycles. The Kier molecular flexibility index (Phi) is 4.04. The zero-order valence-corrected chi connectivity index (χ0v) is 19.5. The first-order valence-electron chi connectivity index (χ1n) is 12.2. The van der Waals surface area contributed by atoms with Crippen LogP contribution in [0.25, 0.3) is 11.1 Å². The van der Waals surface area contributed by atoms with E-state index >= 15 is 0 Å². The molecule has 3 aliphatic carbocycles. The average molecular weight is 477 g/mol. The predicted octanol–water partition coefficient (Wildman–Crippen LogP) is 5.88. The van der Waals surface area contributed by atoms with E-state index < -0.39 is 10.8 Å². The van der Waals surface area contributed by atoms with E-state index in [-0.39, 0.29) is 28.8 Å². The van der Waals surface area contributed by atoms with Crippen molar-refractivity contribution < 1.29 is 25.2 Å². The molecule has 7 rings (SSSR count). The molecule has 0 saturated carbocycles. The molecule has 0 amide bonds. The van der Waals surface area contributed by atoms with Crippen LogP contribution < -0.4 is 0 Å². The minimum atomic E-state index is -0.660. The van der Waals surface area contributed by atoms with Gasteiger partial charge in [-0.2, -0.15) is 0 Å². The summed E-state index contributed by atoms with van der Waals surface area (Å²) in [6, 6.07) is 22.9. The van der Waals surface area contributed by atoms with E-state index in [2.05, 4.69) is 24.3 Å². The molecule has 36 heavy (non-hydrogen) atoms. The number of hydrogen-bond donors (Lipinski definition) is 4. The third-order valence-corrected chi connectivity index (χ3v) is 8.79. The van der Waals surface area contributed by atoms with E-state index in [0.29, 0.717) is 36.8 Å². The van der Waals surface area contributed by atoms with Gasteiger partial charge in [-0.25, -0.2) is 0 Å². The number of Topliss-reactive ketones (excluding diaryl/α,β-unsaturated/α-hetero) is 1. The molecule has 4 N–H and O–H groups in total. The highest BCUT2D eigenvalue weighted by Gasteiger charge is 2.55. The largest absolute Gasteiger partial charge is 0.504 e. The van der Waals surface area contributed by atoms with Crippen molar-refractivity contribution in [2.24, 2.45) is 0 Å². The Morgan fingerprint density at radius 3 is 1.69 bits per heavy atom. The average Bonchev–Trinajstić information content (AvgIpc) is 3.17. The van der Waals surface area contributed by atoms with Crippen molar-refractivity contribution in [2.45, 2.75) is 36.5 Å². The smallest absolute Gasteiger partial charge is 0.163 e.